The van der Waals surface area contributed by atoms with Crippen LogP contribution in [-0.2, 0) is 13.1 Å². The third kappa shape index (κ3) is 2.70. The molecular formula is C12H19N3O. The van der Waals surface area contributed by atoms with Crippen molar-refractivity contribution in [1.82, 2.24) is 15.1 Å². The van der Waals surface area contributed by atoms with Gasteiger partial charge in [0.2, 0.25) is 0 Å². The summed E-state index contributed by atoms with van der Waals surface area (Å²) in [5.41, 5.74) is 1.81. The Labute approximate surface area is 95.7 Å². The Morgan fingerprint density at radius 2 is 2.31 bits per heavy atom. The average molecular weight is 221 g/mol. The molecular weight excluding hydrogens is 202 g/mol. The van der Waals surface area contributed by atoms with Gasteiger partial charge in [0.25, 0.3) is 5.56 Å². The monoisotopic (exact) mass is 221 g/mol. The van der Waals surface area contributed by atoms with E-state index in [-0.39, 0.29) is 5.56 Å². The van der Waals surface area contributed by atoms with Crippen LogP contribution in [0.25, 0.3) is 0 Å². The summed E-state index contributed by atoms with van der Waals surface area (Å²) in [5, 5.41) is 7.61. The Morgan fingerprint density at radius 3 is 2.94 bits per heavy atom. The molecule has 1 fully saturated rings. The maximum Gasteiger partial charge on any atom is 0.271 e. The number of aromatic nitrogens is 2. The molecule has 1 aliphatic carbocycles. The van der Waals surface area contributed by atoms with E-state index in [9.17, 15) is 4.79 Å². The second kappa shape index (κ2) is 4.78. The van der Waals surface area contributed by atoms with E-state index >= 15 is 0 Å². The van der Waals surface area contributed by atoms with Crippen molar-refractivity contribution in [2.45, 2.75) is 52.2 Å². The molecule has 0 radical (unpaired) electrons. The molecule has 0 amide bonds. The lowest BCUT2D eigenvalue weighted by atomic mass is 10.2. The van der Waals surface area contributed by atoms with E-state index in [0.29, 0.717) is 19.1 Å². The Bertz CT molecular complexity index is 421. The molecule has 1 saturated carbocycles. The van der Waals surface area contributed by atoms with E-state index in [1.54, 1.807) is 4.68 Å². The molecule has 16 heavy (non-hydrogen) atoms. The normalized spacial score (nSPS) is 15.4. The van der Waals surface area contributed by atoms with Gasteiger partial charge >= 0.3 is 0 Å². The number of nitrogens with zero attached hydrogens (tertiary/aromatic N) is 2. The van der Waals surface area contributed by atoms with Crippen molar-refractivity contribution < 1.29 is 0 Å². The van der Waals surface area contributed by atoms with Crippen LogP contribution in [0.5, 0.6) is 0 Å². The van der Waals surface area contributed by atoms with Crippen molar-refractivity contribution in [2.24, 2.45) is 0 Å². The lowest BCUT2D eigenvalue weighted by Crippen LogP contribution is -2.30. The molecule has 0 atom stereocenters. The van der Waals surface area contributed by atoms with Gasteiger partial charge in [-0.3, -0.25) is 4.79 Å². The highest BCUT2D eigenvalue weighted by atomic mass is 16.1. The summed E-state index contributed by atoms with van der Waals surface area (Å²) in [5.74, 6) is 0. The second-order valence-electron chi connectivity index (χ2n) is 4.49. The standard InChI is InChI=1S/C12H19N3O/c1-3-6-15-12(16)10(7-9(2)14-15)8-13-11-4-5-11/h7,11,13H,3-6,8H2,1-2H3. The van der Waals surface area contributed by atoms with Gasteiger partial charge in [-0.05, 0) is 32.3 Å². The Morgan fingerprint density at radius 1 is 1.56 bits per heavy atom. The predicted octanol–water partition coefficient (Wildman–Crippen LogP) is 1.21. The van der Waals surface area contributed by atoms with Gasteiger partial charge in [-0.25, -0.2) is 4.68 Å². The fourth-order valence-electron chi connectivity index (χ4n) is 1.78. The fraction of sp³-hybridized carbons (Fsp3) is 0.667. The smallest absolute Gasteiger partial charge is 0.271 e. The topological polar surface area (TPSA) is 46.9 Å². The van der Waals surface area contributed by atoms with Crippen LogP contribution in [0.3, 0.4) is 0 Å². The van der Waals surface area contributed by atoms with Crippen LogP contribution in [0.15, 0.2) is 10.9 Å². The summed E-state index contributed by atoms with van der Waals surface area (Å²) < 4.78 is 1.58. The summed E-state index contributed by atoms with van der Waals surface area (Å²) in [6.45, 7) is 5.37. The van der Waals surface area contributed by atoms with Crippen LogP contribution < -0.4 is 10.9 Å². The number of nitrogens with one attached hydrogen (secondary N) is 1. The third-order valence-corrected chi connectivity index (χ3v) is 2.76. The number of hydrogen-bond acceptors (Lipinski definition) is 3. The SMILES string of the molecule is CCCn1nc(C)cc(CNC2CC2)c1=O. The Kier molecular flexibility index (Phi) is 3.39. The minimum Gasteiger partial charge on any atom is -0.310 e. The van der Waals surface area contributed by atoms with E-state index in [4.69, 9.17) is 0 Å². The van der Waals surface area contributed by atoms with Crippen molar-refractivity contribution >= 4 is 0 Å². The van der Waals surface area contributed by atoms with Crippen molar-refractivity contribution in [1.29, 1.82) is 0 Å². The van der Waals surface area contributed by atoms with E-state index in [0.717, 1.165) is 17.7 Å². The first-order chi connectivity index (χ1) is 7.70. The lowest BCUT2D eigenvalue weighted by molar-refractivity contribution is 0.548. The van der Waals surface area contributed by atoms with Gasteiger partial charge in [0, 0.05) is 24.7 Å². The first-order valence-electron chi connectivity index (χ1n) is 6.01. The van der Waals surface area contributed by atoms with Gasteiger partial charge in [0.05, 0.1) is 5.69 Å². The highest BCUT2D eigenvalue weighted by Gasteiger charge is 2.20. The first-order valence-corrected chi connectivity index (χ1v) is 6.01. The molecule has 0 aromatic carbocycles. The third-order valence-electron chi connectivity index (χ3n) is 2.76. The molecule has 1 heterocycles. The first kappa shape index (κ1) is 11.3. The zero-order valence-corrected chi connectivity index (χ0v) is 9.99. The molecule has 4 heteroatoms. The molecule has 2 rings (SSSR count). The van der Waals surface area contributed by atoms with Crippen LogP contribution in [-0.4, -0.2) is 15.8 Å². The van der Waals surface area contributed by atoms with E-state index in [1.165, 1.54) is 12.8 Å². The molecule has 0 saturated heterocycles. The predicted molar refractivity (Wildman–Crippen MR) is 63.4 cm³/mol. The van der Waals surface area contributed by atoms with Crippen LogP contribution in [0, 0.1) is 6.92 Å². The lowest BCUT2D eigenvalue weighted by Gasteiger charge is -2.08. The van der Waals surface area contributed by atoms with E-state index in [2.05, 4.69) is 17.3 Å². The van der Waals surface area contributed by atoms with Crippen LogP contribution in [0.4, 0.5) is 0 Å². The molecule has 88 valence electrons. The van der Waals surface area contributed by atoms with E-state index < -0.39 is 0 Å². The fourth-order valence-corrected chi connectivity index (χ4v) is 1.78. The quantitative estimate of drug-likeness (QED) is 0.813. The highest BCUT2D eigenvalue weighted by molar-refractivity contribution is 5.12. The summed E-state index contributed by atoms with van der Waals surface area (Å²) in [6, 6.07) is 2.52. The van der Waals surface area contributed by atoms with Crippen LogP contribution >= 0.6 is 0 Å². The van der Waals surface area contributed by atoms with Gasteiger partial charge in [0.15, 0.2) is 0 Å². The number of aryl methyl sites for hydroxylation is 2. The molecule has 0 unspecified atom stereocenters. The molecule has 0 aliphatic heterocycles. The largest absolute Gasteiger partial charge is 0.310 e. The van der Waals surface area contributed by atoms with Crippen molar-refractivity contribution in [3.05, 3.63) is 27.7 Å². The zero-order valence-electron chi connectivity index (χ0n) is 9.99. The average Bonchev–Trinajstić information content (AvgIpc) is 3.05. The summed E-state index contributed by atoms with van der Waals surface area (Å²) in [4.78, 5) is 12.0. The zero-order chi connectivity index (χ0) is 11.5. The van der Waals surface area contributed by atoms with Gasteiger partial charge in [-0.2, -0.15) is 5.10 Å². The van der Waals surface area contributed by atoms with Crippen molar-refractivity contribution in [2.75, 3.05) is 0 Å². The number of hydrogen-bond donors (Lipinski definition) is 1. The molecule has 1 aromatic heterocycles. The van der Waals surface area contributed by atoms with Gasteiger partial charge < -0.3 is 5.32 Å². The molecule has 1 aromatic rings. The maximum absolute atomic E-state index is 12.0. The minimum absolute atomic E-state index is 0.0561. The van der Waals surface area contributed by atoms with Crippen molar-refractivity contribution in [3.63, 3.8) is 0 Å². The molecule has 1 N–H and O–H groups in total. The minimum atomic E-state index is 0.0561. The Hall–Kier alpha value is -1.16. The summed E-state index contributed by atoms with van der Waals surface area (Å²) in [6.07, 6.45) is 3.42. The molecule has 0 spiro atoms. The van der Waals surface area contributed by atoms with Gasteiger partial charge in [-0.1, -0.05) is 6.92 Å². The van der Waals surface area contributed by atoms with Crippen LogP contribution in [0.2, 0.25) is 0 Å². The maximum atomic E-state index is 12.0. The molecule has 4 nitrogen and oxygen atoms in total. The second-order valence-corrected chi connectivity index (χ2v) is 4.49. The highest BCUT2D eigenvalue weighted by Crippen LogP contribution is 2.18. The van der Waals surface area contributed by atoms with Crippen LogP contribution in [0.1, 0.15) is 37.4 Å². The molecule has 0 bridgehead atoms. The van der Waals surface area contributed by atoms with Gasteiger partial charge in [-0.15, -0.1) is 0 Å². The Balaban J connectivity index is 2.17. The van der Waals surface area contributed by atoms with Gasteiger partial charge in [0.1, 0.15) is 0 Å². The summed E-state index contributed by atoms with van der Waals surface area (Å²) >= 11 is 0. The molecule has 1 aliphatic rings. The van der Waals surface area contributed by atoms with Crippen molar-refractivity contribution in [3.8, 4) is 0 Å². The number of rotatable bonds is 5. The summed E-state index contributed by atoms with van der Waals surface area (Å²) in [7, 11) is 0. The van der Waals surface area contributed by atoms with E-state index in [1.807, 2.05) is 13.0 Å².